The summed E-state index contributed by atoms with van der Waals surface area (Å²) < 4.78 is 5.05. The lowest BCUT2D eigenvalue weighted by Crippen LogP contribution is -2.14. The molecule has 1 heterocycles. The number of anilines is 1. The molecule has 2 rings (SSSR count). The molecule has 0 aliphatic carbocycles. The van der Waals surface area contributed by atoms with Crippen molar-refractivity contribution in [1.82, 2.24) is 4.98 Å². The fourth-order valence-electron chi connectivity index (χ4n) is 1.46. The normalized spacial score (nSPS) is 9.95. The minimum atomic E-state index is -0.562. The van der Waals surface area contributed by atoms with E-state index in [9.17, 15) is 4.79 Å². The van der Waals surface area contributed by atoms with Gasteiger partial charge in [-0.05, 0) is 17.2 Å². The van der Waals surface area contributed by atoms with Gasteiger partial charge in [-0.2, -0.15) is 0 Å². The summed E-state index contributed by atoms with van der Waals surface area (Å²) in [6, 6.07) is 12.7. The molecule has 2 aromatic rings. The minimum Gasteiger partial charge on any atom is -0.444 e. The van der Waals surface area contributed by atoms with E-state index < -0.39 is 6.09 Å². The number of amides is 1. The number of benzene rings is 1. The van der Waals surface area contributed by atoms with E-state index in [0.29, 0.717) is 11.4 Å². The first-order valence-electron chi connectivity index (χ1n) is 5.81. The van der Waals surface area contributed by atoms with Crippen molar-refractivity contribution in [2.24, 2.45) is 0 Å². The summed E-state index contributed by atoms with van der Waals surface area (Å²) in [4.78, 5) is 15.5. The molecular formula is C14H14N2O3. The molecule has 1 aromatic heterocycles. The molecular weight excluding hydrogens is 244 g/mol. The Kier molecular flexibility index (Phi) is 4.47. The van der Waals surface area contributed by atoms with Gasteiger partial charge < -0.3 is 9.84 Å². The maximum absolute atomic E-state index is 11.5. The van der Waals surface area contributed by atoms with Crippen LogP contribution in [0.1, 0.15) is 11.1 Å². The van der Waals surface area contributed by atoms with Crippen LogP contribution in [0, 0.1) is 0 Å². The molecule has 0 spiro atoms. The highest BCUT2D eigenvalue weighted by atomic mass is 16.5. The third kappa shape index (κ3) is 4.08. The van der Waals surface area contributed by atoms with Gasteiger partial charge in [-0.25, -0.2) is 9.78 Å². The molecule has 2 N–H and O–H groups in total. The van der Waals surface area contributed by atoms with E-state index in [1.807, 2.05) is 30.3 Å². The summed E-state index contributed by atoms with van der Waals surface area (Å²) in [5.74, 6) is 0.385. The van der Waals surface area contributed by atoms with Gasteiger partial charge in [0.05, 0.1) is 6.61 Å². The van der Waals surface area contributed by atoms with Crippen LogP contribution in [-0.2, 0) is 18.0 Å². The topological polar surface area (TPSA) is 71.5 Å². The summed E-state index contributed by atoms with van der Waals surface area (Å²) in [5.41, 5.74) is 1.60. The Morgan fingerprint density at radius 2 is 1.95 bits per heavy atom. The van der Waals surface area contributed by atoms with Crippen LogP contribution >= 0.6 is 0 Å². The summed E-state index contributed by atoms with van der Waals surface area (Å²) in [5, 5.41) is 11.4. The molecule has 0 bridgehead atoms. The van der Waals surface area contributed by atoms with Gasteiger partial charge in [0.25, 0.3) is 0 Å². The van der Waals surface area contributed by atoms with Crippen LogP contribution in [0.5, 0.6) is 0 Å². The number of aliphatic hydroxyl groups is 1. The average molecular weight is 258 g/mol. The molecule has 1 amide bonds. The zero-order chi connectivity index (χ0) is 13.5. The predicted octanol–water partition coefficient (Wildman–Crippen LogP) is 2.32. The van der Waals surface area contributed by atoms with E-state index in [-0.39, 0.29) is 13.2 Å². The Balaban J connectivity index is 1.83. The number of aliphatic hydroxyl groups excluding tert-OH is 1. The second-order valence-electron chi connectivity index (χ2n) is 3.90. The molecule has 5 nitrogen and oxygen atoms in total. The number of hydrogen-bond donors (Lipinski definition) is 2. The van der Waals surface area contributed by atoms with E-state index in [0.717, 1.165) is 5.56 Å². The van der Waals surface area contributed by atoms with Crippen LogP contribution in [0.25, 0.3) is 0 Å². The summed E-state index contributed by atoms with van der Waals surface area (Å²) >= 11 is 0. The van der Waals surface area contributed by atoms with Crippen molar-refractivity contribution >= 4 is 11.9 Å². The number of nitrogens with one attached hydrogen (secondary N) is 1. The number of hydrogen-bond acceptors (Lipinski definition) is 4. The predicted molar refractivity (Wildman–Crippen MR) is 70.4 cm³/mol. The van der Waals surface area contributed by atoms with Crippen LogP contribution in [0.2, 0.25) is 0 Å². The minimum absolute atomic E-state index is 0.0776. The molecule has 0 aliphatic rings. The smallest absolute Gasteiger partial charge is 0.413 e. The number of ether oxygens (including phenoxy) is 1. The molecule has 19 heavy (non-hydrogen) atoms. The van der Waals surface area contributed by atoms with Gasteiger partial charge in [0.2, 0.25) is 0 Å². The molecule has 0 saturated heterocycles. The lowest BCUT2D eigenvalue weighted by Gasteiger charge is -2.06. The maximum Gasteiger partial charge on any atom is 0.413 e. The number of nitrogens with zero attached hydrogens (tertiary/aromatic N) is 1. The van der Waals surface area contributed by atoms with Gasteiger partial charge in [-0.15, -0.1) is 0 Å². The third-order valence-electron chi connectivity index (χ3n) is 2.45. The molecule has 0 unspecified atom stereocenters. The molecule has 5 heteroatoms. The SMILES string of the molecule is O=C(Nc1ccc(CO)cn1)OCc1ccccc1. The van der Waals surface area contributed by atoms with Crippen molar-refractivity contribution in [1.29, 1.82) is 0 Å². The van der Waals surface area contributed by atoms with Gasteiger partial charge in [0.15, 0.2) is 0 Å². The Hall–Kier alpha value is -2.40. The Morgan fingerprint density at radius 3 is 2.58 bits per heavy atom. The fraction of sp³-hybridized carbons (Fsp3) is 0.143. The van der Waals surface area contributed by atoms with E-state index in [2.05, 4.69) is 10.3 Å². The van der Waals surface area contributed by atoms with Gasteiger partial charge >= 0.3 is 6.09 Å². The molecule has 0 fully saturated rings. The third-order valence-corrected chi connectivity index (χ3v) is 2.45. The highest BCUT2D eigenvalue weighted by Gasteiger charge is 2.04. The highest BCUT2D eigenvalue weighted by Crippen LogP contribution is 2.06. The van der Waals surface area contributed by atoms with E-state index in [1.165, 1.54) is 6.20 Å². The first-order chi connectivity index (χ1) is 9.28. The van der Waals surface area contributed by atoms with Crippen molar-refractivity contribution in [3.63, 3.8) is 0 Å². The molecule has 0 saturated carbocycles. The molecule has 0 radical (unpaired) electrons. The lowest BCUT2D eigenvalue weighted by molar-refractivity contribution is 0.155. The number of aromatic nitrogens is 1. The van der Waals surface area contributed by atoms with Gasteiger partial charge in [0, 0.05) is 6.20 Å². The zero-order valence-electron chi connectivity index (χ0n) is 10.2. The van der Waals surface area contributed by atoms with E-state index in [1.54, 1.807) is 12.1 Å². The van der Waals surface area contributed by atoms with Crippen molar-refractivity contribution < 1.29 is 14.6 Å². The standard InChI is InChI=1S/C14H14N2O3/c17-9-12-6-7-13(15-8-12)16-14(18)19-10-11-4-2-1-3-5-11/h1-8,17H,9-10H2,(H,15,16,18). The van der Waals surface area contributed by atoms with E-state index >= 15 is 0 Å². The number of carbonyl (C=O) groups is 1. The zero-order valence-corrected chi connectivity index (χ0v) is 10.2. The van der Waals surface area contributed by atoms with Gasteiger partial charge in [-0.3, -0.25) is 5.32 Å². The second kappa shape index (κ2) is 6.51. The Labute approximate surface area is 110 Å². The Bertz CT molecular complexity index is 526. The van der Waals surface area contributed by atoms with Crippen molar-refractivity contribution in [3.8, 4) is 0 Å². The van der Waals surface area contributed by atoms with Gasteiger partial charge in [0.1, 0.15) is 12.4 Å². The van der Waals surface area contributed by atoms with Crippen LogP contribution in [-0.4, -0.2) is 16.2 Å². The van der Waals surface area contributed by atoms with Crippen LogP contribution in [0.15, 0.2) is 48.7 Å². The first kappa shape index (κ1) is 13.0. The average Bonchev–Trinajstić information content (AvgIpc) is 2.47. The number of carbonyl (C=O) groups excluding carboxylic acids is 1. The molecule has 98 valence electrons. The Morgan fingerprint density at radius 1 is 1.16 bits per heavy atom. The number of pyridine rings is 1. The van der Waals surface area contributed by atoms with Crippen LogP contribution in [0.3, 0.4) is 0 Å². The maximum atomic E-state index is 11.5. The van der Waals surface area contributed by atoms with Crippen LogP contribution in [0.4, 0.5) is 10.6 Å². The second-order valence-corrected chi connectivity index (χ2v) is 3.90. The summed E-state index contributed by atoms with van der Waals surface area (Å²) in [7, 11) is 0. The fourth-order valence-corrected chi connectivity index (χ4v) is 1.46. The van der Waals surface area contributed by atoms with Crippen molar-refractivity contribution in [3.05, 3.63) is 59.8 Å². The van der Waals surface area contributed by atoms with Gasteiger partial charge in [-0.1, -0.05) is 36.4 Å². The summed E-state index contributed by atoms with van der Waals surface area (Å²) in [6.07, 6.45) is 0.931. The van der Waals surface area contributed by atoms with Crippen molar-refractivity contribution in [2.45, 2.75) is 13.2 Å². The van der Waals surface area contributed by atoms with Crippen LogP contribution < -0.4 is 5.32 Å². The molecule has 1 aromatic carbocycles. The van der Waals surface area contributed by atoms with E-state index in [4.69, 9.17) is 9.84 Å². The summed E-state index contributed by atoms with van der Waals surface area (Å²) in [6.45, 7) is 0.132. The quantitative estimate of drug-likeness (QED) is 0.882. The highest BCUT2D eigenvalue weighted by molar-refractivity contribution is 5.83. The molecule has 0 atom stereocenters. The first-order valence-corrected chi connectivity index (χ1v) is 5.81. The number of rotatable bonds is 4. The monoisotopic (exact) mass is 258 g/mol. The lowest BCUT2D eigenvalue weighted by atomic mass is 10.2. The largest absolute Gasteiger partial charge is 0.444 e. The van der Waals surface area contributed by atoms with Crippen molar-refractivity contribution in [2.75, 3.05) is 5.32 Å². The molecule has 0 aliphatic heterocycles.